The molecule has 1 aliphatic carbocycles. The summed E-state index contributed by atoms with van der Waals surface area (Å²) < 4.78 is 5.75. The second-order valence-electron chi connectivity index (χ2n) is 7.11. The number of nitrogens with one attached hydrogen (secondary N) is 1. The third kappa shape index (κ3) is 3.37. The van der Waals surface area contributed by atoms with E-state index in [2.05, 4.69) is 17.1 Å². The van der Waals surface area contributed by atoms with Crippen LogP contribution >= 0.6 is 0 Å². The molecular weight excluding hydrogens is 248 g/mol. The summed E-state index contributed by atoms with van der Waals surface area (Å²) >= 11 is 0. The molecule has 3 fully saturated rings. The summed E-state index contributed by atoms with van der Waals surface area (Å²) in [5.74, 6) is 1.71. The Labute approximate surface area is 124 Å². The van der Waals surface area contributed by atoms with Crippen LogP contribution in [0.15, 0.2) is 0 Å². The molecule has 3 aliphatic rings. The third-order valence-corrected chi connectivity index (χ3v) is 5.68. The normalized spacial score (nSPS) is 36.1. The fourth-order valence-corrected chi connectivity index (χ4v) is 4.59. The van der Waals surface area contributed by atoms with Crippen LogP contribution in [-0.4, -0.2) is 49.8 Å². The minimum atomic E-state index is 0.597. The Morgan fingerprint density at radius 1 is 1.10 bits per heavy atom. The summed E-state index contributed by atoms with van der Waals surface area (Å²) in [6.07, 6.45) is 10.0. The van der Waals surface area contributed by atoms with E-state index in [1.807, 2.05) is 0 Å². The van der Waals surface area contributed by atoms with Crippen molar-refractivity contribution in [2.75, 3.05) is 32.8 Å². The van der Waals surface area contributed by atoms with Gasteiger partial charge < -0.3 is 10.1 Å². The van der Waals surface area contributed by atoms with Gasteiger partial charge in [-0.25, -0.2) is 0 Å². The maximum absolute atomic E-state index is 5.75. The van der Waals surface area contributed by atoms with E-state index in [0.29, 0.717) is 12.0 Å². The molecule has 2 heterocycles. The summed E-state index contributed by atoms with van der Waals surface area (Å²) in [7, 11) is 0. The van der Waals surface area contributed by atoms with Gasteiger partial charge >= 0.3 is 0 Å². The van der Waals surface area contributed by atoms with Gasteiger partial charge in [-0.1, -0.05) is 19.8 Å². The molecule has 1 saturated carbocycles. The van der Waals surface area contributed by atoms with E-state index in [0.717, 1.165) is 31.7 Å². The maximum atomic E-state index is 5.75. The Balaban J connectivity index is 1.52. The Hall–Kier alpha value is -0.120. The number of ether oxygens (including phenoxy) is 1. The zero-order valence-corrected chi connectivity index (χ0v) is 13.2. The highest BCUT2D eigenvalue weighted by Crippen LogP contribution is 2.36. The molecule has 20 heavy (non-hydrogen) atoms. The van der Waals surface area contributed by atoms with Crippen molar-refractivity contribution in [2.24, 2.45) is 11.8 Å². The molecule has 2 aliphatic heterocycles. The van der Waals surface area contributed by atoms with Gasteiger partial charge in [-0.15, -0.1) is 0 Å². The lowest BCUT2D eigenvalue weighted by Crippen LogP contribution is -2.44. The van der Waals surface area contributed by atoms with Crippen molar-refractivity contribution in [2.45, 2.75) is 64.0 Å². The van der Waals surface area contributed by atoms with Crippen LogP contribution in [0.5, 0.6) is 0 Å². The highest BCUT2D eigenvalue weighted by Gasteiger charge is 2.37. The average molecular weight is 280 g/mol. The highest BCUT2D eigenvalue weighted by molar-refractivity contribution is 4.91. The first kappa shape index (κ1) is 14.8. The van der Waals surface area contributed by atoms with Crippen LogP contribution in [0, 0.1) is 11.8 Å². The van der Waals surface area contributed by atoms with Crippen LogP contribution in [0.25, 0.3) is 0 Å². The van der Waals surface area contributed by atoms with Gasteiger partial charge in [0.2, 0.25) is 0 Å². The molecule has 0 aromatic heterocycles. The van der Waals surface area contributed by atoms with Crippen molar-refractivity contribution >= 4 is 0 Å². The monoisotopic (exact) mass is 280 g/mol. The number of hydrogen-bond donors (Lipinski definition) is 1. The average Bonchev–Trinajstić information content (AvgIpc) is 3.18. The van der Waals surface area contributed by atoms with E-state index >= 15 is 0 Å². The fraction of sp³-hybridized carbons (Fsp3) is 1.00. The lowest BCUT2D eigenvalue weighted by atomic mass is 9.94. The Bertz CT molecular complexity index is 291. The molecule has 3 nitrogen and oxygen atoms in total. The van der Waals surface area contributed by atoms with E-state index in [-0.39, 0.29) is 0 Å². The molecule has 3 rings (SSSR count). The number of rotatable bonds is 6. The molecule has 3 unspecified atom stereocenters. The number of hydrogen-bond acceptors (Lipinski definition) is 3. The van der Waals surface area contributed by atoms with Crippen LogP contribution in [0.4, 0.5) is 0 Å². The molecule has 0 bridgehead atoms. The molecule has 0 aromatic rings. The molecule has 0 aromatic carbocycles. The van der Waals surface area contributed by atoms with Crippen LogP contribution < -0.4 is 5.32 Å². The van der Waals surface area contributed by atoms with Gasteiger partial charge in [-0.2, -0.15) is 0 Å². The topological polar surface area (TPSA) is 24.5 Å². The van der Waals surface area contributed by atoms with Crippen molar-refractivity contribution in [3.05, 3.63) is 0 Å². The Morgan fingerprint density at radius 3 is 2.75 bits per heavy atom. The third-order valence-electron chi connectivity index (χ3n) is 5.68. The smallest absolute Gasteiger partial charge is 0.0623 e. The lowest BCUT2D eigenvalue weighted by Gasteiger charge is -2.32. The molecule has 0 spiro atoms. The van der Waals surface area contributed by atoms with Crippen molar-refractivity contribution in [3.63, 3.8) is 0 Å². The first-order valence-electron chi connectivity index (χ1n) is 8.93. The van der Waals surface area contributed by atoms with Crippen LogP contribution in [0.3, 0.4) is 0 Å². The van der Waals surface area contributed by atoms with E-state index in [1.165, 1.54) is 58.0 Å². The fourth-order valence-electron chi connectivity index (χ4n) is 4.59. The Morgan fingerprint density at radius 2 is 1.95 bits per heavy atom. The first-order chi connectivity index (χ1) is 9.88. The van der Waals surface area contributed by atoms with Crippen molar-refractivity contribution < 1.29 is 4.74 Å². The standard InChI is InChI=1S/C17H32N2O/c1-2-9-18-16-13-20-12-15(16)11-19-10-5-8-17(19)14-6-3-4-7-14/h14-18H,2-13H2,1H3. The van der Waals surface area contributed by atoms with E-state index in [1.54, 1.807) is 0 Å². The summed E-state index contributed by atoms with van der Waals surface area (Å²) in [5, 5.41) is 3.69. The molecule has 0 amide bonds. The van der Waals surface area contributed by atoms with Gasteiger partial charge in [-0.3, -0.25) is 4.90 Å². The van der Waals surface area contributed by atoms with Gasteiger partial charge in [0.05, 0.1) is 13.2 Å². The van der Waals surface area contributed by atoms with Crippen molar-refractivity contribution in [1.82, 2.24) is 10.2 Å². The maximum Gasteiger partial charge on any atom is 0.0623 e. The second-order valence-corrected chi connectivity index (χ2v) is 7.11. The van der Waals surface area contributed by atoms with Crippen LogP contribution in [0.2, 0.25) is 0 Å². The summed E-state index contributed by atoms with van der Waals surface area (Å²) in [5.41, 5.74) is 0. The van der Waals surface area contributed by atoms with Gasteiger partial charge in [0.1, 0.15) is 0 Å². The van der Waals surface area contributed by atoms with Crippen molar-refractivity contribution in [3.8, 4) is 0 Å². The largest absolute Gasteiger partial charge is 0.379 e. The lowest BCUT2D eigenvalue weighted by molar-refractivity contribution is 0.141. The van der Waals surface area contributed by atoms with Crippen molar-refractivity contribution in [1.29, 1.82) is 0 Å². The van der Waals surface area contributed by atoms with Crippen LogP contribution in [-0.2, 0) is 4.74 Å². The summed E-state index contributed by atoms with van der Waals surface area (Å²) in [6, 6.07) is 1.49. The molecule has 2 saturated heterocycles. The Kier molecular flexibility index (Phi) is 5.36. The number of nitrogens with zero attached hydrogens (tertiary/aromatic N) is 1. The first-order valence-corrected chi connectivity index (χ1v) is 8.93. The van der Waals surface area contributed by atoms with Gasteiger partial charge in [-0.05, 0) is 51.1 Å². The second kappa shape index (κ2) is 7.24. The number of likely N-dealkylation sites (tertiary alicyclic amines) is 1. The summed E-state index contributed by atoms with van der Waals surface area (Å²) in [4.78, 5) is 2.82. The molecule has 1 N–H and O–H groups in total. The predicted octanol–water partition coefficient (Wildman–Crippen LogP) is 2.66. The molecule has 0 radical (unpaired) electrons. The van der Waals surface area contributed by atoms with Crippen LogP contribution in [0.1, 0.15) is 51.9 Å². The predicted molar refractivity (Wildman–Crippen MR) is 82.9 cm³/mol. The quantitative estimate of drug-likeness (QED) is 0.809. The zero-order valence-electron chi connectivity index (χ0n) is 13.2. The van der Waals surface area contributed by atoms with E-state index in [4.69, 9.17) is 4.74 Å². The van der Waals surface area contributed by atoms with E-state index in [9.17, 15) is 0 Å². The highest BCUT2D eigenvalue weighted by atomic mass is 16.5. The zero-order chi connectivity index (χ0) is 13.8. The minimum absolute atomic E-state index is 0.597. The molecule has 3 heteroatoms. The van der Waals surface area contributed by atoms with Gasteiger partial charge in [0, 0.05) is 24.5 Å². The van der Waals surface area contributed by atoms with Gasteiger partial charge in [0.15, 0.2) is 0 Å². The summed E-state index contributed by atoms with van der Waals surface area (Å²) in [6.45, 7) is 7.87. The molecule has 3 atom stereocenters. The molecule has 116 valence electrons. The van der Waals surface area contributed by atoms with Gasteiger partial charge in [0.25, 0.3) is 0 Å². The van der Waals surface area contributed by atoms with E-state index < -0.39 is 0 Å². The minimum Gasteiger partial charge on any atom is -0.379 e. The molecular formula is C17H32N2O. The SMILES string of the molecule is CCCNC1COCC1CN1CCCC1C1CCCC1.